The summed E-state index contributed by atoms with van der Waals surface area (Å²) < 4.78 is 67.4. The molecule has 1 amide bonds. The lowest BCUT2D eigenvalue weighted by Gasteiger charge is -2.33. The molecule has 0 aromatic heterocycles. The number of halogens is 4. The summed E-state index contributed by atoms with van der Waals surface area (Å²) in [6, 6.07) is 8.17. The fourth-order valence-electron chi connectivity index (χ4n) is 3.94. The number of amides is 1. The minimum atomic E-state index is -4.54. The van der Waals surface area contributed by atoms with Gasteiger partial charge in [-0.05, 0) is 75.9 Å². The van der Waals surface area contributed by atoms with Gasteiger partial charge in [-0.15, -0.1) is 0 Å². The average Bonchev–Trinajstić information content (AvgIpc) is 2.84. The summed E-state index contributed by atoms with van der Waals surface area (Å²) in [6.07, 6.45) is -2.51. The molecule has 0 bridgehead atoms. The second-order valence-corrected chi connectivity index (χ2v) is 13.5. The molecule has 0 radical (unpaired) electrons. The Morgan fingerprint density at radius 3 is 2.36 bits per heavy atom. The van der Waals surface area contributed by atoms with Gasteiger partial charge in [-0.3, -0.25) is 4.57 Å². The molecule has 2 aromatic carbocycles. The topological polar surface area (TPSA) is 114 Å². The smallest absolute Gasteiger partial charge is 0.416 e. The zero-order chi connectivity index (χ0) is 31.8. The molecular weight excluding hydrogens is 618 g/mol. The Kier molecular flexibility index (Phi) is 12.8. The lowest BCUT2D eigenvalue weighted by molar-refractivity contribution is -0.137. The van der Waals surface area contributed by atoms with Crippen molar-refractivity contribution in [1.82, 2.24) is 5.32 Å². The fourth-order valence-corrected chi connectivity index (χ4v) is 5.74. The molecule has 8 nitrogen and oxygen atoms in total. The van der Waals surface area contributed by atoms with Crippen LogP contribution in [0.4, 0.5) is 18.0 Å². The van der Waals surface area contributed by atoms with E-state index < -0.39 is 36.6 Å². The molecular formula is C28H36ClF3NO7PS. The number of aryl methyl sites for hydroxylation is 1. The zero-order valence-electron chi connectivity index (χ0n) is 24.0. The Labute approximate surface area is 253 Å². The van der Waals surface area contributed by atoms with Crippen molar-refractivity contribution in [2.24, 2.45) is 0 Å². The van der Waals surface area contributed by atoms with Crippen molar-refractivity contribution >= 4 is 37.1 Å². The molecule has 0 aliphatic carbocycles. The summed E-state index contributed by atoms with van der Waals surface area (Å²) in [4.78, 5) is 32.4. The highest BCUT2D eigenvalue weighted by Crippen LogP contribution is 2.41. The highest BCUT2D eigenvalue weighted by molar-refractivity contribution is 7.99. The van der Waals surface area contributed by atoms with Crippen molar-refractivity contribution in [3.63, 3.8) is 0 Å². The summed E-state index contributed by atoms with van der Waals surface area (Å²) in [5.74, 6) is 0.976. The fraction of sp³-hybridized carbons (Fsp3) is 0.464. The van der Waals surface area contributed by atoms with Gasteiger partial charge in [-0.2, -0.15) is 13.2 Å². The molecule has 0 spiro atoms. The Balaban J connectivity index is 2.35. The number of rotatable bonds is 13. The molecule has 0 saturated carbocycles. The first kappa shape index (κ1) is 36.0. The second-order valence-electron chi connectivity index (χ2n) is 10.5. The molecule has 0 aliphatic rings. The van der Waals surface area contributed by atoms with Crippen molar-refractivity contribution in [1.29, 1.82) is 0 Å². The van der Waals surface area contributed by atoms with E-state index in [9.17, 15) is 32.3 Å². The molecule has 0 fully saturated rings. The standard InChI is InChI=1S/C28H36ClF3NO7PS/c1-6-12-27(14-15-41(35,36)37,33-25(34)40-26(2,3)4)13-11-19-7-9-21(17-22(19)29)42-24-16-20(28(30,31)32)8-10-23(24)39-18-38-5/h7-10,14-17H,6,11-13,18H2,1-5H3,(H,33,34)(H2,35,36,37)/t27-/m0/s1. The third-order valence-electron chi connectivity index (χ3n) is 5.73. The monoisotopic (exact) mass is 653 g/mol. The van der Waals surface area contributed by atoms with E-state index >= 15 is 0 Å². The summed E-state index contributed by atoms with van der Waals surface area (Å²) in [5.41, 5.74) is -2.11. The Morgan fingerprint density at radius 2 is 1.81 bits per heavy atom. The lowest BCUT2D eigenvalue weighted by Crippen LogP contribution is -2.49. The van der Waals surface area contributed by atoms with E-state index in [1.165, 1.54) is 19.3 Å². The summed E-state index contributed by atoms with van der Waals surface area (Å²) in [7, 11) is -3.13. The normalized spacial score (nSPS) is 14.1. The maximum atomic E-state index is 13.3. The van der Waals surface area contributed by atoms with Gasteiger partial charge < -0.3 is 29.3 Å². The van der Waals surface area contributed by atoms with E-state index in [2.05, 4.69) is 5.32 Å². The maximum Gasteiger partial charge on any atom is 0.416 e. The maximum absolute atomic E-state index is 13.3. The molecule has 2 aromatic rings. The lowest BCUT2D eigenvalue weighted by atomic mass is 9.87. The summed E-state index contributed by atoms with van der Waals surface area (Å²) in [6.45, 7) is 6.82. The summed E-state index contributed by atoms with van der Waals surface area (Å²) >= 11 is 7.61. The van der Waals surface area contributed by atoms with Crippen molar-refractivity contribution in [2.75, 3.05) is 13.9 Å². The Morgan fingerprint density at radius 1 is 1.12 bits per heavy atom. The molecule has 1 atom stereocenters. The van der Waals surface area contributed by atoms with Gasteiger partial charge in [0.15, 0.2) is 6.79 Å². The van der Waals surface area contributed by atoms with Crippen molar-refractivity contribution < 1.29 is 46.5 Å². The van der Waals surface area contributed by atoms with Crippen LogP contribution in [0.15, 0.2) is 58.1 Å². The molecule has 0 aliphatic heterocycles. The van der Waals surface area contributed by atoms with Crippen molar-refractivity contribution in [3.05, 3.63) is 64.4 Å². The third-order valence-corrected chi connectivity index (χ3v) is 7.65. The number of alkyl carbamates (subject to hydrolysis) is 1. The Hall–Kier alpha value is -2.21. The molecule has 0 saturated heterocycles. The van der Waals surface area contributed by atoms with Crippen LogP contribution in [-0.2, 0) is 26.6 Å². The first-order valence-electron chi connectivity index (χ1n) is 12.9. The number of methoxy groups -OCH3 is 1. The van der Waals surface area contributed by atoms with Crippen LogP contribution < -0.4 is 10.1 Å². The van der Waals surface area contributed by atoms with Crippen LogP contribution in [0.3, 0.4) is 0 Å². The van der Waals surface area contributed by atoms with Gasteiger partial charge in [-0.1, -0.05) is 48.8 Å². The second kappa shape index (κ2) is 15.0. The van der Waals surface area contributed by atoms with Gasteiger partial charge in [0.1, 0.15) is 11.4 Å². The molecule has 42 heavy (non-hydrogen) atoms. The largest absolute Gasteiger partial charge is 0.466 e. The number of ether oxygens (including phenoxy) is 3. The van der Waals surface area contributed by atoms with E-state index in [1.54, 1.807) is 39.0 Å². The van der Waals surface area contributed by atoms with E-state index in [0.29, 0.717) is 34.7 Å². The highest BCUT2D eigenvalue weighted by Gasteiger charge is 2.33. The van der Waals surface area contributed by atoms with E-state index in [4.69, 9.17) is 25.8 Å². The first-order chi connectivity index (χ1) is 19.4. The number of nitrogens with one attached hydrogen (secondary N) is 1. The van der Waals surface area contributed by atoms with Gasteiger partial charge in [0.25, 0.3) is 0 Å². The predicted octanol–water partition coefficient (Wildman–Crippen LogP) is 8.18. The van der Waals surface area contributed by atoms with Crippen LogP contribution in [0, 0.1) is 0 Å². The van der Waals surface area contributed by atoms with Gasteiger partial charge >= 0.3 is 19.9 Å². The van der Waals surface area contributed by atoms with E-state index in [-0.39, 0.29) is 23.9 Å². The number of carbonyl (C=O) groups excluding carboxylic acids is 1. The zero-order valence-corrected chi connectivity index (χ0v) is 26.4. The van der Waals surface area contributed by atoms with Crippen LogP contribution in [0.2, 0.25) is 5.02 Å². The molecule has 14 heteroatoms. The average molecular weight is 654 g/mol. The quantitative estimate of drug-likeness (QED) is 0.147. The molecule has 234 valence electrons. The number of hydrogen-bond acceptors (Lipinski definition) is 6. The summed E-state index contributed by atoms with van der Waals surface area (Å²) in [5, 5.41) is 3.11. The minimum Gasteiger partial charge on any atom is -0.466 e. The van der Waals surface area contributed by atoms with Gasteiger partial charge in [0.05, 0.1) is 16.0 Å². The van der Waals surface area contributed by atoms with Gasteiger partial charge in [0, 0.05) is 22.8 Å². The van der Waals surface area contributed by atoms with Crippen LogP contribution >= 0.6 is 31.0 Å². The molecule has 0 heterocycles. The number of carbonyl (C=O) groups is 1. The van der Waals surface area contributed by atoms with Crippen molar-refractivity contribution in [2.45, 2.75) is 80.5 Å². The van der Waals surface area contributed by atoms with Crippen LogP contribution in [0.5, 0.6) is 5.75 Å². The van der Waals surface area contributed by atoms with Crippen LogP contribution in [0.25, 0.3) is 0 Å². The minimum absolute atomic E-state index is 0.147. The van der Waals surface area contributed by atoms with Crippen molar-refractivity contribution in [3.8, 4) is 5.75 Å². The predicted molar refractivity (Wildman–Crippen MR) is 156 cm³/mol. The van der Waals surface area contributed by atoms with Crippen LogP contribution in [-0.4, -0.2) is 40.9 Å². The molecule has 3 N–H and O–H groups in total. The SMILES string of the molecule is CCC[C@@](C=CP(=O)(O)O)(CCc1ccc(Sc2cc(C(F)(F)F)ccc2OCOC)cc1Cl)NC(=O)OC(C)(C)C. The first-order valence-corrected chi connectivity index (χ1v) is 15.8. The van der Waals surface area contributed by atoms with E-state index in [0.717, 1.165) is 29.7 Å². The molecule has 2 rings (SSSR count). The highest BCUT2D eigenvalue weighted by atomic mass is 35.5. The number of alkyl halides is 3. The van der Waals surface area contributed by atoms with Gasteiger partial charge in [-0.25, -0.2) is 4.79 Å². The third kappa shape index (κ3) is 12.2. The Bertz CT molecular complexity index is 1300. The molecule has 0 unspecified atom stereocenters. The number of hydrogen-bond donors (Lipinski definition) is 3. The number of benzene rings is 2. The van der Waals surface area contributed by atoms with Crippen LogP contribution in [0.1, 0.15) is 58.1 Å². The van der Waals surface area contributed by atoms with E-state index in [1.807, 2.05) is 6.92 Å². The van der Waals surface area contributed by atoms with Gasteiger partial charge in [0.2, 0.25) is 0 Å².